The molecule has 1 N–H and O–H groups in total. The second-order valence-corrected chi connectivity index (χ2v) is 8.96. The van der Waals surface area contributed by atoms with Gasteiger partial charge in [0.2, 0.25) is 0 Å². The molecule has 1 aliphatic carbocycles. The number of aliphatic imine (C=N–C) groups is 1. The van der Waals surface area contributed by atoms with Gasteiger partial charge in [0, 0.05) is 51.2 Å². The van der Waals surface area contributed by atoms with Gasteiger partial charge >= 0.3 is 0 Å². The number of guanidine groups is 1. The van der Waals surface area contributed by atoms with E-state index in [1.54, 1.807) is 4.88 Å². The normalized spacial score (nSPS) is 18.4. The molecular weight excluding hydrogens is 356 g/mol. The number of ether oxygens (including phenoxy) is 1. The van der Waals surface area contributed by atoms with Crippen molar-refractivity contribution >= 4 is 17.3 Å². The standard InChI is InChI=1S/C21H36N4OS/c1-3-22-21(25(2)14-10-17-11-15-26-16-12-17)23-13-6-9-20-24-18-7-4-5-8-19(18)27-20/h17H,3-16H2,1-2H3,(H,22,23). The van der Waals surface area contributed by atoms with Gasteiger partial charge in [-0.15, -0.1) is 11.3 Å². The largest absolute Gasteiger partial charge is 0.381 e. The topological polar surface area (TPSA) is 49.8 Å². The second kappa shape index (κ2) is 11.0. The Morgan fingerprint density at radius 3 is 2.89 bits per heavy atom. The molecule has 3 rings (SSSR count). The van der Waals surface area contributed by atoms with Crippen LogP contribution in [0.1, 0.15) is 61.0 Å². The summed E-state index contributed by atoms with van der Waals surface area (Å²) < 4.78 is 5.47. The number of nitrogens with one attached hydrogen (secondary N) is 1. The highest BCUT2D eigenvalue weighted by atomic mass is 32.1. The van der Waals surface area contributed by atoms with Gasteiger partial charge in [-0.1, -0.05) is 0 Å². The highest BCUT2D eigenvalue weighted by Crippen LogP contribution is 2.27. The number of fused-ring (bicyclic) bond motifs is 1. The zero-order valence-electron chi connectivity index (χ0n) is 17.1. The summed E-state index contributed by atoms with van der Waals surface area (Å²) >= 11 is 1.94. The Hall–Kier alpha value is -1.14. The molecule has 1 aromatic heterocycles. The Balaban J connectivity index is 1.42. The first-order valence-corrected chi connectivity index (χ1v) is 11.6. The van der Waals surface area contributed by atoms with Crippen molar-refractivity contribution in [3.63, 3.8) is 0 Å². The third-order valence-electron chi connectivity index (χ3n) is 5.61. The number of aryl methyl sites for hydroxylation is 3. The van der Waals surface area contributed by atoms with Crippen LogP contribution in [0.4, 0.5) is 0 Å². The molecule has 1 saturated heterocycles. The molecule has 1 aromatic rings. The predicted octanol–water partition coefficient (Wildman–Crippen LogP) is 3.67. The summed E-state index contributed by atoms with van der Waals surface area (Å²) in [5, 5.41) is 4.76. The van der Waals surface area contributed by atoms with Gasteiger partial charge in [-0.3, -0.25) is 4.99 Å². The lowest BCUT2D eigenvalue weighted by atomic mass is 9.96. The summed E-state index contributed by atoms with van der Waals surface area (Å²) in [7, 11) is 2.16. The number of thiazole rings is 1. The first kappa shape index (κ1) is 20.6. The third kappa shape index (κ3) is 6.46. The minimum absolute atomic E-state index is 0.806. The molecule has 0 atom stereocenters. The number of hydrogen-bond donors (Lipinski definition) is 1. The third-order valence-corrected chi connectivity index (χ3v) is 6.83. The van der Waals surface area contributed by atoms with Crippen LogP contribution >= 0.6 is 11.3 Å². The molecule has 2 aliphatic rings. The molecule has 1 aliphatic heterocycles. The zero-order valence-corrected chi connectivity index (χ0v) is 18.0. The van der Waals surface area contributed by atoms with Crippen LogP contribution in [-0.2, 0) is 24.0 Å². The molecule has 2 heterocycles. The summed E-state index contributed by atoms with van der Waals surface area (Å²) in [6.07, 6.45) is 10.9. The molecule has 152 valence electrons. The summed E-state index contributed by atoms with van der Waals surface area (Å²) in [6, 6.07) is 0. The molecule has 0 radical (unpaired) electrons. The average molecular weight is 393 g/mol. The number of aromatic nitrogens is 1. The van der Waals surface area contributed by atoms with Gasteiger partial charge < -0.3 is 15.0 Å². The lowest BCUT2D eigenvalue weighted by Gasteiger charge is -2.26. The molecule has 0 saturated carbocycles. The molecule has 27 heavy (non-hydrogen) atoms. The average Bonchev–Trinajstić information content (AvgIpc) is 3.12. The van der Waals surface area contributed by atoms with Gasteiger partial charge in [-0.05, 0) is 64.2 Å². The van der Waals surface area contributed by atoms with Crippen molar-refractivity contribution in [2.45, 2.75) is 64.7 Å². The van der Waals surface area contributed by atoms with E-state index in [0.717, 1.165) is 57.6 Å². The van der Waals surface area contributed by atoms with Gasteiger partial charge in [0.15, 0.2) is 5.96 Å². The maximum absolute atomic E-state index is 5.47. The Morgan fingerprint density at radius 1 is 1.30 bits per heavy atom. The molecule has 0 amide bonds. The van der Waals surface area contributed by atoms with E-state index in [4.69, 9.17) is 14.7 Å². The molecule has 5 nitrogen and oxygen atoms in total. The van der Waals surface area contributed by atoms with Gasteiger partial charge in [0.1, 0.15) is 0 Å². The van der Waals surface area contributed by atoms with Gasteiger partial charge in [0.05, 0.1) is 10.7 Å². The van der Waals surface area contributed by atoms with Crippen molar-refractivity contribution in [1.82, 2.24) is 15.2 Å². The SMILES string of the molecule is CCNC(=NCCCc1nc2c(s1)CCCC2)N(C)CCC1CCOCC1. The second-order valence-electron chi connectivity index (χ2n) is 7.79. The van der Waals surface area contributed by atoms with Crippen molar-refractivity contribution in [2.75, 3.05) is 39.9 Å². The van der Waals surface area contributed by atoms with Crippen LogP contribution in [-0.4, -0.2) is 55.7 Å². The monoisotopic (exact) mass is 392 g/mol. The summed E-state index contributed by atoms with van der Waals surface area (Å²) in [6.45, 7) is 6.86. The Bertz CT molecular complexity index is 572. The molecule has 6 heteroatoms. The molecular formula is C21H36N4OS. The number of hydrogen-bond acceptors (Lipinski definition) is 4. The van der Waals surface area contributed by atoms with Crippen LogP contribution in [0.25, 0.3) is 0 Å². The van der Waals surface area contributed by atoms with E-state index >= 15 is 0 Å². The fourth-order valence-electron chi connectivity index (χ4n) is 3.91. The van der Waals surface area contributed by atoms with E-state index in [-0.39, 0.29) is 0 Å². The van der Waals surface area contributed by atoms with Crippen molar-refractivity contribution in [1.29, 1.82) is 0 Å². The number of nitrogens with zero attached hydrogens (tertiary/aromatic N) is 3. The fourth-order valence-corrected chi connectivity index (χ4v) is 5.11. The van der Waals surface area contributed by atoms with Crippen LogP contribution in [0.15, 0.2) is 4.99 Å². The smallest absolute Gasteiger partial charge is 0.193 e. The van der Waals surface area contributed by atoms with Crippen LogP contribution in [0.2, 0.25) is 0 Å². The summed E-state index contributed by atoms with van der Waals surface area (Å²) in [4.78, 5) is 13.5. The molecule has 1 fully saturated rings. The van der Waals surface area contributed by atoms with E-state index in [1.165, 1.54) is 55.6 Å². The van der Waals surface area contributed by atoms with Crippen LogP contribution < -0.4 is 5.32 Å². The van der Waals surface area contributed by atoms with E-state index in [0.29, 0.717) is 0 Å². The van der Waals surface area contributed by atoms with E-state index < -0.39 is 0 Å². The Labute approximate surface area is 168 Å². The molecule has 0 unspecified atom stereocenters. The summed E-state index contributed by atoms with van der Waals surface area (Å²) in [5.74, 6) is 1.85. The fraction of sp³-hybridized carbons (Fsp3) is 0.810. The van der Waals surface area contributed by atoms with Crippen molar-refractivity contribution < 1.29 is 4.74 Å². The molecule has 0 spiro atoms. The molecule has 0 aromatic carbocycles. The maximum atomic E-state index is 5.47. The van der Waals surface area contributed by atoms with E-state index in [9.17, 15) is 0 Å². The highest BCUT2D eigenvalue weighted by molar-refractivity contribution is 7.11. The minimum Gasteiger partial charge on any atom is -0.381 e. The van der Waals surface area contributed by atoms with E-state index in [2.05, 4.69) is 24.2 Å². The minimum atomic E-state index is 0.806. The lowest BCUT2D eigenvalue weighted by molar-refractivity contribution is 0.0625. The maximum Gasteiger partial charge on any atom is 0.193 e. The lowest BCUT2D eigenvalue weighted by Crippen LogP contribution is -2.40. The first-order chi connectivity index (χ1) is 13.3. The zero-order chi connectivity index (χ0) is 18.9. The number of rotatable bonds is 8. The Kier molecular flexibility index (Phi) is 8.39. The van der Waals surface area contributed by atoms with Gasteiger partial charge in [-0.25, -0.2) is 4.98 Å². The van der Waals surface area contributed by atoms with Crippen molar-refractivity contribution in [2.24, 2.45) is 10.9 Å². The summed E-state index contributed by atoms with van der Waals surface area (Å²) in [5.41, 5.74) is 1.38. The van der Waals surface area contributed by atoms with Crippen molar-refractivity contribution in [3.05, 3.63) is 15.6 Å². The molecule has 0 bridgehead atoms. The van der Waals surface area contributed by atoms with Gasteiger partial charge in [-0.2, -0.15) is 0 Å². The predicted molar refractivity (Wildman–Crippen MR) is 114 cm³/mol. The van der Waals surface area contributed by atoms with Crippen LogP contribution in [0.5, 0.6) is 0 Å². The quantitative estimate of drug-likeness (QED) is 0.417. The van der Waals surface area contributed by atoms with E-state index in [1.807, 2.05) is 11.3 Å². The Morgan fingerprint density at radius 2 is 2.11 bits per heavy atom. The highest BCUT2D eigenvalue weighted by Gasteiger charge is 2.16. The van der Waals surface area contributed by atoms with Crippen molar-refractivity contribution in [3.8, 4) is 0 Å². The van der Waals surface area contributed by atoms with Gasteiger partial charge in [0.25, 0.3) is 0 Å². The van der Waals surface area contributed by atoms with Crippen LogP contribution in [0, 0.1) is 5.92 Å². The first-order valence-electron chi connectivity index (χ1n) is 10.8. The van der Waals surface area contributed by atoms with Crippen LogP contribution in [0.3, 0.4) is 0 Å².